The van der Waals surface area contributed by atoms with Crippen LogP contribution in [0.2, 0.25) is 0 Å². The number of carboxylic acid groups (broad SMARTS) is 1. The van der Waals surface area contributed by atoms with E-state index in [4.69, 9.17) is 5.73 Å². The maximum absolute atomic E-state index is 12.6. The summed E-state index contributed by atoms with van der Waals surface area (Å²) in [5.41, 5.74) is 5.06. The minimum absolute atomic E-state index is 0.0182. The first kappa shape index (κ1) is 21.7. The Balaban J connectivity index is 2.80. The Labute approximate surface area is 156 Å². The van der Waals surface area contributed by atoms with Crippen molar-refractivity contribution in [2.24, 2.45) is 5.73 Å². The molecular weight excluding hydrogens is 364 g/mol. The maximum atomic E-state index is 12.6. The molecule has 5 N–H and O–H groups in total. The highest BCUT2D eigenvalue weighted by atomic mass is 32.1. The van der Waals surface area contributed by atoms with Crippen LogP contribution >= 0.6 is 12.6 Å². The Morgan fingerprint density at radius 1 is 1.23 bits per heavy atom. The normalized spacial score (nSPS) is 18.7. The lowest BCUT2D eigenvalue weighted by Gasteiger charge is -2.27. The Hall–Kier alpha value is -2.30. The summed E-state index contributed by atoms with van der Waals surface area (Å²) in [6.45, 7) is 1.50. The minimum Gasteiger partial charge on any atom is -0.480 e. The first-order chi connectivity index (χ1) is 12.2. The fourth-order valence-electron chi connectivity index (χ4n) is 2.75. The molecule has 10 nitrogen and oxygen atoms in total. The van der Waals surface area contributed by atoms with E-state index in [9.17, 15) is 29.1 Å². The zero-order valence-electron chi connectivity index (χ0n) is 14.4. The molecule has 0 radical (unpaired) electrons. The molecule has 1 heterocycles. The van der Waals surface area contributed by atoms with Crippen LogP contribution in [0.1, 0.15) is 32.6 Å². The van der Waals surface area contributed by atoms with Gasteiger partial charge in [-0.25, -0.2) is 4.79 Å². The van der Waals surface area contributed by atoms with E-state index in [0.717, 1.165) is 0 Å². The molecule has 4 amide bonds. The van der Waals surface area contributed by atoms with Gasteiger partial charge in [0.15, 0.2) is 0 Å². The molecule has 26 heavy (non-hydrogen) atoms. The van der Waals surface area contributed by atoms with Gasteiger partial charge >= 0.3 is 5.97 Å². The lowest BCUT2D eigenvalue weighted by Crippen LogP contribution is -2.56. The van der Waals surface area contributed by atoms with Gasteiger partial charge in [-0.2, -0.15) is 12.6 Å². The van der Waals surface area contributed by atoms with Crippen LogP contribution < -0.4 is 16.4 Å². The monoisotopic (exact) mass is 388 g/mol. The lowest BCUT2D eigenvalue weighted by molar-refractivity contribution is -0.149. The van der Waals surface area contributed by atoms with Crippen LogP contribution in [0.3, 0.4) is 0 Å². The summed E-state index contributed by atoms with van der Waals surface area (Å²) in [6, 6.07) is -3.01. The van der Waals surface area contributed by atoms with Gasteiger partial charge in [-0.3, -0.25) is 19.2 Å². The molecule has 1 fully saturated rings. The van der Waals surface area contributed by atoms with Crippen LogP contribution in [0.4, 0.5) is 0 Å². The second-order valence-corrected chi connectivity index (χ2v) is 6.39. The second kappa shape index (κ2) is 10.00. The maximum Gasteiger partial charge on any atom is 0.326 e. The Bertz CT molecular complexity index is 584. The number of primary amides is 1. The van der Waals surface area contributed by atoms with E-state index in [1.165, 1.54) is 11.8 Å². The van der Waals surface area contributed by atoms with Crippen molar-refractivity contribution < 1.29 is 29.1 Å². The molecular formula is C15H24N4O6S. The molecule has 1 aliphatic rings. The number of carbonyl (C=O) groups excluding carboxylic acids is 4. The van der Waals surface area contributed by atoms with Gasteiger partial charge in [0.05, 0.1) is 0 Å². The molecule has 0 saturated carbocycles. The predicted molar refractivity (Wildman–Crippen MR) is 94.2 cm³/mol. The molecule has 0 aromatic rings. The van der Waals surface area contributed by atoms with Gasteiger partial charge in [-0.1, -0.05) is 0 Å². The molecule has 1 rings (SSSR count). The average molecular weight is 388 g/mol. The summed E-state index contributed by atoms with van der Waals surface area (Å²) < 4.78 is 0. The zero-order valence-corrected chi connectivity index (χ0v) is 15.3. The van der Waals surface area contributed by atoms with Gasteiger partial charge in [0, 0.05) is 25.6 Å². The third kappa shape index (κ3) is 6.21. The molecule has 0 bridgehead atoms. The fourth-order valence-corrected chi connectivity index (χ4v) is 2.99. The van der Waals surface area contributed by atoms with Crippen LogP contribution in [-0.4, -0.2) is 70.0 Å². The number of thiol groups is 1. The van der Waals surface area contributed by atoms with Gasteiger partial charge in [-0.15, -0.1) is 0 Å². The SMILES string of the molecule is CC(=O)N[C@@H](CCC(N)=O)C(=O)N[C@@H](CS)C(=O)N1CCC[C@H]1C(=O)O. The fraction of sp³-hybridized carbons (Fsp3) is 0.667. The summed E-state index contributed by atoms with van der Waals surface area (Å²) in [7, 11) is 0. The summed E-state index contributed by atoms with van der Waals surface area (Å²) in [5.74, 6) is -3.46. The van der Waals surface area contributed by atoms with E-state index in [1.54, 1.807) is 0 Å². The van der Waals surface area contributed by atoms with Gasteiger partial charge in [0.2, 0.25) is 23.6 Å². The molecule has 3 atom stereocenters. The highest BCUT2D eigenvalue weighted by Crippen LogP contribution is 2.18. The number of nitrogens with two attached hydrogens (primary N) is 1. The molecule has 1 saturated heterocycles. The summed E-state index contributed by atoms with van der Waals surface area (Å²) in [5, 5.41) is 14.0. The largest absolute Gasteiger partial charge is 0.480 e. The number of likely N-dealkylation sites (tertiary alicyclic amines) is 1. The lowest BCUT2D eigenvalue weighted by atomic mass is 10.1. The van der Waals surface area contributed by atoms with Gasteiger partial charge in [-0.05, 0) is 19.3 Å². The van der Waals surface area contributed by atoms with Crippen molar-refractivity contribution in [2.45, 2.75) is 50.7 Å². The first-order valence-electron chi connectivity index (χ1n) is 8.17. The van der Waals surface area contributed by atoms with Crippen molar-refractivity contribution in [1.29, 1.82) is 0 Å². The van der Waals surface area contributed by atoms with Crippen LogP contribution in [0.15, 0.2) is 0 Å². The molecule has 0 aromatic heterocycles. The van der Waals surface area contributed by atoms with Crippen LogP contribution in [0.25, 0.3) is 0 Å². The highest BCUT2D eigenvalue weighted by molar-refractivity contribution is 7.80. The summed E-state index contributed by atoms with van der Waals surface area (Å²) in [6.07, 6.45) is 0.769. The number of aliphatic carboxylic acids is 1. The summed E-state index contributed by atoms with van der Waals surface area (Å²) in [4.78, 5) is 59.6. The van der Waals surface area contributed by atoms with Crippen molar-refractivity contribution >= 4 is 42.2 Å². The van der Waals surface area contributed by atoms with Gasteiger partial charge < -0.3 is 26.4 Å². The van der Waals surface area contributed by atoms with Crippen molar-refractivity contribution in [3.05, 3.63) is 0 Å². The van der Waals surface area contributed by atoms with Crippen LogP contribution in [0.5, 0.6) is 0 Å². The molecule has 0 unspecified atom stereocenters. The molecule has 1 aliphatic heterocycles. The number of amides is 4. The van der Waals surface area contributed by atoms with Gasteiger partial charge in [0.25, 0.3) is 0 Å². The van der Waals surface area contributed by atoms with E-state index in [1.807, 2.05) is 0 Å². The third-order valence-electron chi connectivity index (χ3n) is 3.99. The van der Waals surface area contributed by atoms with Crippen molar-refractivity contribution in [3.8, 4) is 0 Å². The second-order valence-electron chi connectivity index (χ2n) is 6.03. The van der Waals surface area contributed by atoms with Crippen LogP contribution in [-0.2, 0) is 24.0 Å². The zero-order chi connectivity index (χ0) is 19.9. The Morgan fingerprint density at radius 3 is 2.38 bits per heavy atom. The van der Waals surface area contributed by atoms with Crippen molar-refractivity contribution in [2.75, 3.05) is 12.3 Å². The third-order valence-corrected chi connectivity index (χ3v) is 4.36. The highest BCUT2D eigenvalue weighted by Gasteiger charge is 2.37. The molecule has 146 valence electrons. The molecule has 0 spiro atoms. The van der Waals surface area contributed by atoms with E-state index in [0.29, 0.717) is 12.8 Å². The van der Waals surface area contributed by atoms with E-state index in [2.05, 4.69) is 23.3 Å². The molecule has 0 aliphatic carbocycles. The topological polar surface area (TPSA) is 159 Å². The average Bonchev–Trinajstić information content (AvgIpc) is 3.05. The number of hydrogen-bond donors (Lipinski definition) is 5. The summed E-state index contributed by atoms with van der Waals surface area (Å²) >= 11 is 4.06. The van der Waals surface area contributed by atoms with Crippen molar-refractivity contribution in [1.82, 2.24) is 15.5 Å². The quantitative estimate of drug-likeness (QED) is 0.295. The standard InChI is InChI=1S/C15H24N4O6S/c1-8(20)17-9(4-5-12(16)21)13(22)18-10(7-26)14(23)19-6-2-3-11(19)15(24)25/h9-11,26H,2-7H2,1H3,(H2,16,21)(H,17,20)(H,18,22)(H,24,25)/t9-,10-,11-/m0/s1. The predicted octanol–water partition coefficient (Wildman–Crippen LogP) is -1.75. The number of carbonyl (C=O) groups is 5. The minimum atomic E-state index is -1.10. The number of nitrogens with zero attached hydrogens (tertiary/aromatic N) is 1. The van der Waals surface area contributed by atoms with E-state index < -0.39 is 47.7 Å². The Morgan fingerprint density at radius 2 is 1.88 bits per heavy atom. The number of rotatable bonds is 9. The molecule has 11 heteroatoms. The smallest absolute Gasteiger partial charge is 0.326 e. The number of carboxylic acids is 1. The Kier molecular flexibility index (Phi) is 8.36. The van der Waals surface area contributed by atoms with Gasteiger partial charge in [0.1, 0.15) is 18.1 Å². The van der Waals surface area contributed by atoms with Crippen molar-refractivity contribution in [3.63, 3.8) is 0 Å². The number of nitrogens with one attached hydrogen (secondary N) is 2. The number of hydrogen-bond acceptors (Lipinski definition) is 6. The first-order valence-corrected chi connectivity index (χ1v) is 8.80. The van der Waals surface area contributed by atoms with E-state index >= 15 is 0 Å². The van der Waals surface area contributed by atoms with E-state index in [-0.39, 0.29) is 25.1 Å². The van der Waals surface area contributed by atoms with Crippen LogP contribution in [0, 0.1) is 0 Å². The molecule has 0 aromatic carbocycles.